The Hall–Kier alpha value is -3.68. The molecule has 0 spiro atoms. The zero-order valence-corrected chi connectivity index (χ0v) is 14.4. The van der Waals surface area contributed by atoms with Gasteiger partial charge in [0.05, 0.1) is 0 Å². The quantitative estimate of drug-likeness (QED) is 0.747. The third kappa shape index (κ3) is 4.49. The monoisotopic (exact) mass is 369 g/mol. The van der Waals surface area contributed by atoms with Gasteiger partial charge in [-0.05, 0) is 36.4 Å². The summed E-state index contributed by atoms with van der Waals surface area (Å²) in [5, 5.41) is 2.65. The molecule has 0 radical (unpaired) electrons. The molecule has 7 nitrogen and oxygen atoms in total. The fourth-order valence-electron chi connectivity index (χ4n) is 2.36. The minimum absolute atomic E-state index is 0.228. The molecule has 8 heteroatoms. The van der Waals surface area contributed by atoms with E-state index >= 15 is 0 Å². The van der Waals surface area contributed by atoms with Crippen molar-refractivity contribution in [1.82, 2.24) is 9.13 Å². The minimum atomic E-state index is -0.573. The molecule has 1 N–H and O–H groups in total. The Bertz CT molecular complexity index is 1090. The highest BCUT2D eigenvalue weighted by molar-refractivity contribution is 5.90. The summed E-state index contributed by atoms with van der Waals surface area (Å²) in [6, 6.07) is 13.5. The number of carbonyl (C=O) groups is 1. The van der Waals surface area contributed by atoms with Gasteiger partial charge >= 0.3 is 5.69 Å². The molecule has 0 bridgehead atoms. The molecule has 0 fully saturated rings. The molecule has 1 amide bonds. The lowest BCUT2D eigenvalue weighted by Crippen LogP contribution is -2.38. The average molecular weight is 369 g/mol. The van der Waals surface area contributed by atoms with E-state index in [-0.39, 0.29) is 6.54 Å². The lowest BCUT2D eigenvalue weighted by molar-refractivity contribution is -0.116. The van der Waals surface area contributed by atoms with Crippen molar-refractivity contribution in [3.63, 3.8) is 0 Å². The standard InChI is InChI=1S/C19H16FN3O4/c1-22-18(25)9-10-23(19(22)26)12-17(24)21-14-5-7-15(8-6-14)27-16-4-2-3-13(20)11-16/h2-11H,12H2,1H3,(H,21,24). The molecule has 2 aromatic carbocycles. The highest BCUT2D eigenvalue weighted by Crippen LogP contribution is 2.23. The van der Waals surface area contributed by atoms with E-state index in [0.29, 0.717) is 17.2 Å². The Morgan fingerprint density at radius 3 is 2.52 bits per heavy atom. The summed E-state index contributed by atoms with van der Waals surface area (Å²) in [6.45, 7) is -0.228. The Morgan fingerprint density at radius 1 is 1.07 bits per heavy atom. The van der Waals surface area contributed by atoms with E-state index in [2.05, 4.69) is 5.32 Å². The molecule has 27 heavy (non-hydrogen) atoms. The first-order valence-corrected chi connectivity index (χ1v) is 8.02. The van der Waals surface area contributed by atoms with Crippen LogP contribution in [0.15, 0.2) is 70.4 Å². The van der Waals surface area contributed by atoms with Gasteiger partial charge < -0.3 is 10.1 Å². The van der Waals surface area contributed by atoms with Crippen LogP contribution < -0.4 is 21.3 Å². The van der Waals surface area contributed by atoms with Crippen LogP contribution in [0.2, 0.25) is 0 Å². The van der Waals surface area contributed by atoms with Gasteiger partial charge in [0.25, 0.3) is 5.56 Å². The number of hydrogen-bond donors (Lipinski definition) is 1. The lowest BCUT2D eigenvalue weighted by atomic mass is 10.3. The maximum Gasteiger partial charge on any atom is 0.331 e. The van der Waals surface area contributed by atoms with Crippen molar-refractivity contribution >= 4 is 11.6 Å². The summed E-state index contributed by atoms with van der Waals surface area (Å²) >= 11 is 0. The largest absolute Gasteiger partial charge is 0.457 e. The number of hydrogen-bond acceptors (Lipinski definition) is 4. The van der Waals surface area contributed by atoms with E-state index in [1.807, 2.05) is 0 Å². The summed E-state index contributed by atoms with van der Waals surface area (Å²) in [6.07, 6.45) is 1.28. The van der Waals surface area contributed by atoms with Crippen LogP contribution in [0.3, 0.4) is 0 Å². The van der Waals surface area contributed by atoms with Crippen LogP contribution in [0.5, 0.6) is 11.5 Å². The third-order valence-corrected chi connectivity index (χ3v) is 3.74. The third-order valence-electron chi connectivity index (χ3n) is 3.74. The fourth-order valence-corrected chi connectivity index (χ4v) is 2.36. The molecule has 0 aliphatic carbocycles. The average Bonchev–Trinajstić information content (AvgIpc) is 2.64. The molecule has 0 atom stereocenters. The maximum atomic E-state index is 13.2. The van der Waals surface area contributed by atoms with Gasteiger partial charge in [0.1, 0.15) is 23.9 Å². The van der Waals surface area contributed by atoms with Gasteiger partial charge in [-0.15, -0.1) is 0 Å². The fraction of sp³-hybridized carbons (Fsp3) is 0.105. The second kappa shape index (κ2) is 7.69. The Balaban J connectivity index is 1.64. The van der Waals surface area contributed by atoms with Gasteiger partial charge in [-0.3, -0.25) is 18.7 Å². The molecule has 0 saturated carbocycles. The number of nitrogens with zero attached hydrogens (tertiary/aromatic N) is 2. The number of rotatable bonds is 5. The van der Waals surface area contributed by atoms with E-state index in [9.17, 15) is 18.8 Å². The van der Waals surface area contributed by atoms with E-state index in [0.717, 1.165) is 9.13 Å². The molecule has 138 valence electrons. The number of nitrogens with one attached hydrogen (secondary N) is 1. The highest BCUT2D eigenvalue weighted by Gasteiger charge is 2.08. The van der Waals surface area contributed by atoms with Crippen LogP contribution in [-0.4, -0.2) is 15.0 Å². The van der Waals surface area contributed by atoms with Gasteiger partial charge in [0.2, 0.25) is 5.91 Å². The van der Waals surface area contributed by atoms with Crippen molar-refractivity contribution in [2.45, 2.75) is 6.54 Å². The Kier molecular flexibility index (Phi) is 5.16. The van der Waals surface area contributed by atoms with Crippen LogP contribution in [0.4, 0.5) is 10.1 Å². The predicted octanol–water partition coefficient (Wildman–Crippen LogP) is 2.12. The number of carbonyl (C=O) groups excluding carboxylic acids is 1. The Labute approximate surface area is 153 Å². The summed E-state index contributed by atoms with van der Waals surface area (Å²) in [4.78, 5) is 35.4. The molecule has 1 heterocycles. The number of amides is 1. The van der Waals surface area contributed by atoms with Gasteiger partial charge in [-0.2, -0.15) is 0 Å². The molecular weight excluding hydrogens is 353 g/mol. The van der Waals surface area contributed by atoms with Gasteiger partial charge in [-0.1, -0.05) is 6.07 Å². The zero-order valence-electron chi connectivity index (χ0n) is 14.4. The summed E-state index contributed by atoms with van der Waals surface area (Å²) in [5.41, 5.74) is -0.508. The van der Waals surface area contributed by atoms with Gasteiger partial charge in [-0.25, -0.2) is 9.18 Å². The van der Waals surface area contributed by atoms with Crippen LogP contribution in [0.1, 0.15) is 0 Å². The molecule has 0 aliphatic heterocycles. The Morgan fingerprint density at radius 2 is 1.81 bits per heavy atom. The van der Waals surface area contributed by atoms with Crippen LogP contribution in [0, 0.1) is 5.82 Å². The van der Waals surface area contributed by atoms with Crippen molar-refractivity contribution < 1.29 is 13.9 Å². The summed E-state index contributed by atoms with van der Waals surface area (Å²) in [7, 11) is 1.34. The molecule has 3 aromatic rings. The highest BCUT2D eigenvalue weighted by atomic mass is 19.1. The van der Waals surface area contributed by atoms with E-state index in [4.69, 9.17) is 4.74 Å². The topological polar surface area (TPSA) is 82.3 Å². The van der Waals surface area contributed by atoms with E-state index in [1.54, 1.807) is 36.4 Å². The number of halogens is 1. The summed E-state index contributed by atoms with van der Waals surface area (Å²) in [5.74, 6) is 0.0216. The maximum absolute atomic E-state index is 13.2. The first kappa shape index (κ1) is 18.1. The van der Waals surface area contributed by atoms with Crippen LogP contribution >= 0.6 is 0 Å². The molecule has 0 aliphatic rings. The lowest BCUT2D eigenvalue weighted by Gasteiger charge is -2.09. The smallest absolute Gasteiger partial charge is 0.331 e. The van der Waals surface area contributed by atoms with Gasteiger partial charge in [0.15, 0.2) is 0 Å². The van der Waals surface area contributed by atoms with Crippen molar-refractivity contribution in [2.24, 2.45) is 7.05 Å². The molecule has 0 unspecified atom stereocenters. The zero-order chi connectivity index (χ0) is 19.4. The number of benzene rings is 2. The van der Waals surface area contributed by atoms with Crippen molar-refractivity contribution in [3.8, 4) is 11.5 Å². The molecule has 0 saturated heterocycles. The number of aromatic nitrogens is 2. The summed E-state index contributed by atoms with van der Waals surface area (Å²) < 4.78 is 20.7. The number of anilines is 1. The van der Waals surface area contributed by atoms with Crippen molar-refractivity contribution in [2.75, 3.05) is 5.32 Å². The predicted molar refractivity (Wildman–Crippen MR) is 97.5 cm³/mol. The van der Waals surface area contributed by atoms with Gasteiger partial charge in [0, 0.05) is 31.1 Å². The van der Waals surface area contributed by atoms with Crippen molar-refractivity contribution in [1.29, 1.82) is 0 Å². The van der Waals surface area contributed by atoms with E-state index < -0.39 is 23.0 Å². The molecular formula is C19H16FN3O4. The molecule has 3 rings (SSSR count). The minimum Gasteiger partial charge on any atom is -0.457 e. The second-order valence-electron chi connectivity index (χ2n) is 5.76. The normalized spacial score (nSPS) is 10.4. The second-order valence-corrected chi connectivity index (χ2v) is 5.76. The van der Waals surface area contributed by atoms with Crippen LogP contribution in [-0.2, 0) is 18.4 Å². The number of ether oxygens (including phenoxy) is 1. The first-order valence-electron chi connectivity index (χ1n) is 8.02. The molecule has 1 aromatic heterocycles. The SMILES string of the molecule is Cn1c(=O)ccn(CC(=O)Nc2ccc(Oc3cccc(F)c3)cc2)c1=O. The van der Waals surface area contributed by atoms with E-state index in [1.165, 1.54) is 31.4 Å². The first-order chi connectivity index (χ1) is 12.9. The van der Waals surface area contributed by atoms with Crippen molar-refractivity contribution in [3.05, 3.63) is 87.4 Å². The van der Waals surface area contributed by atoms with Crippen LogP contribution in [0.25, 0.3) is 0 Å².